The Bertz CT molecular complexity index is 998. The number of rotatable bonds is 5. The van der Waals surface area contributed by atoms with Gasteiger partial charge < -0.3 is 14.4 Å². The largest absolute Gasteiger partial charge is 0.481 e. The molecule has 0 aliphatic heterocycles. The van der Waals surface area contributed by atoms with Crippen LogP contribution in [0.3, 0.4) is 0 Å². The van der Waals surface area contributed by atoms with Crippen molar-refractivity contribution < 1.29 is 27.8 Å². The molecule has 0 aliphatic carbocycles. The molecule has 3 rings (SSSR count). The third-order valence-electron chi connectivity index (χ3n) is 4.05. The Balaban J connectivity index is 2.28. The number of carboxylic acid groups (broad SMARTS) is 1. The van der Waals surface area contributed by atoms with Gasteiger partial charge in [0.05, 0.1) is 16.8 Å². The Kier molecular flexibility index (Phi) is 4.77. The Morgan fingerprint density at radius 3 is 2.63 bits per heavy atom. The van der Waals surface area contributed by atoms with Crippen molar-refractivity contribution in [3.63, 3.8) is 0 Å². The lowest BCUT2D eigenvalue weighted by Crippen LogP contribution is -2.20. The first-order valence-electron chi connectivity index (χ1n) is 8.09. The zero-order valence-electron chi connectivity index (χ0n) is 14.5. The van der Waals surface area contributed by atoms with Gasteiger partial charge in [-0.2, -0.15) is 13.2 Å². The van der Waals surface area contributed by atoms with Gasteiger partial charge in [0.1, 0.15) is 5.65 Å². The maximum Gasteiger partial charge on any atom is 0.422 e. The molecule has 0 saturated heterocycles. The van der Waals surface area contributed by atoms with Crippen molar-refractivity contribution in [1.29, 1.82) is 0 Å². The molecule has 0 fully saturated rings. The molecule has 0 spiro atoms. The highest BCUT2D eigenvalue weighted by atomic mass is 19.4. The van der Waals surface area contributed by atoms with E-state index in [0.717, 1.165) is 0 Å². The maximum atomic E-state index is 12.6. The predicted molar refractivity (Wildman–Crippen MR) is 91.8 cm³/mol. The highest BCUT2D eigenvalue weighted by molar-refractivity contribution is 6.01. The van der Waals surface area contributed by atoms with Gasteiger partial charge in [0.2, 0.25) is 0 Å². The molecule has 0 aromatic carbocycles. The van der Waals surface area contributed by atoms with Crippen molar-refractivity contribution in [3.8, 4) is 17.0 Å². The van der Waals surface area contributed by atoms with Gasteiger partial charge in [-0.3, -0.25) is 4.98 Å². The maximum absolute atomic E-state index is 12.6. The Hall–Kier alpha value is -3.10. The van der Waals surface area contributed by atoms with E-state index in [1.807, 2.05) is 6.92 Å². The topological polar surface area (TPSA) is 77.2 Å². The zero-order chi connectivity index (χ0) is 19.8. The zero-order valence-corrected chi connectivity index (χ0v) is 14.5. The third kappa shape index (κ3) is 3.57. The van der Waals surface area contributed by atoms with Crippen molar-refractivity contribution in [1.82, 2.24) is 14.5 Å². The van der Waals surface area contributed by atoms with Gasteiger partial charge in [-0.05, 0) is 24.6 Å². The Morgan fingerprint density at radius 2 is 2.07 bits per heavy atom. The summed E-state index contributed by atoms with van der Waals surface area (Å²) in [7, 11) is 1.43. The number of nitrogens with zero attached hydrogens (tertiary/aromatic N) is 3. The number of aromatic carboxylic acids is 1. The van der Waals surface area contributed by atoms with E-state index in [2.05, 4.69) is 9.97 Å². The van der Waals surface area contributed by atoms with Gasteiger partial charge in [0.15, 0.2) is 18.1 Å². The number of pyridine rings is 2. The summed E-state index contributed by atoms with van der Waals surface area (Å²) in [5.74, 6) is -1.75. The first kappa shape index (κ1) is 18.7. The van der Waals surface area contributed by atoms with Crippen LogP contribution in [0.4, 0.5) is 13.2 Å². The van der Waals surface area contributed by atoms with E-state index in [9.17, 15) is 23.1 Å². The number of carboxylic acids is 1. The van der Waals surface area contributed by atoms with Gasteiger partial charge in [-0.25, -0.2) is 9.78 Å². The minimum Gasteiger partial charge on any atom is -0.481 e. The van der Waals surface area contributed by atoms with E-state index in [1.54, 1.807) is 30.5 Å². The molecule has 3 heterocycles. The second kappa shape index (κ2) is 6.90. The Labute approximate surface area is 152 Å². The molecule has 0 radical (unpaired) electrons. The fraction of sp³-hybridized carbons (Fsp3) is 0.278. The van der Waals surface area contributed by atoms with Crippen LogP contribution < -0.4 is 4.74 Å². The van der Waals surface area contributed by atoms with Gasteiger partial charge in [-0.1, -0.05) is 13.0 Å². The summed E-state index contributed by atoms with van der Waals surface area (Å²) in [6, 6.07) is 6.85. The van der Waals surface area contributed by atoms with Crippen LogP contribution in [0.15, 0.2) is 30.5 Å². The highest BCUT2D eigenvalue weighted by Gasteiger charge is 2.32. The van der Waals surface area contributed by atoms with Crippen molar-refractivity contribution in [2.45, 2.75) is 19.5 Å². The van der Waals surface area contributed by atoms with Crippen LogP contribution in [0, 0.1) is 0 Å². The summed E-state index contributed by atoms with van der Waals surface area (Å²) in [6.07, 6.45) is -2.47. The molecule has 0 bridgehead atoms. The second-order valence-electron chi connectivity index (χ2n) is 5.87. The molecule has 3 aromatic rings. The van der Waals surface area contributed by atoms with Crippen LogP contribution in [0.1, 0.15) is 23.1 Å². The van der Waals surface area contributed by atoms with Gasteiger partial charge in [0, 0.05) is 18.8 Å². The van der Waals surface area contributed by atoms with E-state index in [1.165, 1.54) is 11.6 Å². The molecule has 0 amide bonds. The number of fused-ring (bicyclic) bond motifs is 1. The predicted octanol–water partition coefficient (Wildman–Crippen LogP) is 3.84. The number of ether oxygens (including phenoxy) is 1. The van der Waals surface area contributed by atoms with Crippen LogP contribution in [-0.2, 0) is 13.5 Å². The van der Waals surface area contributed by atoms with E-state index in [0.29, 0.717) is 23.4 Å². The number of alkyl halides is 3. The summed E-state index contributed by atoms with van der Waals surface area (Å²) in [6.45, 7) is 0.281. The second-order valence-corrected chi connectivity index (χ2v) is 5.87. The summed E-state index contributed by atoms with van der Waals surface area (Å²) >= 11 is 0. The van der Waals surface area contributed by atoms with E-state index < -0.39 is 18.8 Å². The Morgan fingerprint density at radius 1 is 1.33 bits per heavy atom. The lowest BCUT2D eigenvalue weighted by Gasteiger charge is -2.10. The lowest BCUT2D eigenvalue weighted by atomic mass is 10.1. The van der Waals surface area contributed by atoms with Crippen molar-refractivity contribution in [2.75, 3.05) is 6.61 Å². The molecule has 0 saturated carbocycles. The smallest absolute Gasteiger partial charge is 0.422 e. The lowest BCUT2D eigenvalue weighted by molar-refractivity contribution is -0.153. The third-order valence-corrected chi connectivity index (χ3v) is 4.05. The van der Waals surface area contributed by atoms with E-state index in [-0.39, 0.29) is 22.5 Å². The number of aromatic nitrogens is 3. The van der Waals surface area contributed by atoms with E-state index >= 15 is 0 Å². The van der Waals surface area contributed by atoms with Gasteiger partial charge >= 0.3 is 12.1 Å². The van der Waals surface area contributed by atoms with Crippen LogP contribution >= 0.6 is 0 Å². The van der Waals surface area contributed by atoms with E-state index in [4.69, 9.17) is 4.74 Å². The SMILES string of the molecule is CCc1nc2c(cc1-c1ccccn1)c(OCC(F)(F)F)c(C(=O)O)n2C. The van der Waals surface area contributed by atoms with Gasteiger partial charge in [0.25, 0.3) is 0 Å². The number of hydrogen-bond donors (Lipinski definition) is 1. The first-order chi connectivity index (χ1) is 12.7. The minimum atomic E-state index is -4.60. The molecular formula is C18H16F3N3O3. The number of carbonyl (C=O) groups is 1. The molecule has 6 nitrogen and oxygen atoms in total. The average molecular weight is 379 g/mol. The molecule has 9 heteroatoms. The van der Waals surface area contributed by atoms with Crippen molar-refractivity contribution in [2.24, 2.45) is 7.05 Å². The van der Waals surface area contributed by atoms with Crippen LogP contribution in [0.5, 0.6) is 5.75 Å². The monoisotopic (exact) mass is 379 g/mol. The normalized spacial score (nSPS) is 11.7. The fourth-order valence-corrected chi connectivity index (χ4v) is 2.90. The molecule has 1 N–H and O–H groups in total. The summed E-state index contributed by atoms with van der Waals surface area (Å²) in [4.78, 5) is 20.4. The highest BCUT2D eigenvalue weighted by Crippen LogP contribution is 2.36. The van der Waals surface area contributed by atoms with Gasteiger partial charge in [-0.15, -0.1) is 0 Å². The number of aryl methyl sites for hydroxylation is 2. The molecule has 0 unspecified atom stereocenters. The minimum absolute atomic E-state index is 0.192. The quantitative estimate of drug-likeness (QED) is 0.729. The number of halogens is 3. The molecule has 27 heavy (non-hydrogen) atoms. The van der Waals surface area contributed by atoms with Crippen LogP contribution in [-0.4, -0.2) is 38.4 Å². The average Bonchev–Trinajstić information content (AvgIpc) is 2.90. The molecule has 0 atom stereocenters. The summed E-state index contributed by atoms with van der Waals surface area (Å²) < 4.78 is 44.0. The fourth-order valence-electron chi connectivity index (χ4n) is 2.90. The summed E-state index contributed by atoms with van der Waals surface area (Å²) in [5, 5.41) is 9.66. The number of hydrogen-bond acceptors (Lipinski definition) is 4. The van der Waals surface area contributed by atoms with Crippen molar-refractivity contribution in [3.05, 3.63) is 41.9 Å². The molecule has 3 aromatic heterocycles. The van der Waals surface area contributed by atoms with Crippen LogP contribution in [0.2, 0.25) is 0 Å². The molecule has 0 aliphatic rings. The van der Waals surface area contributed by atoms with Crippen LogP contribution in [0.25, 0.3) is 22.3 Å². The molecular weight excluding hydrogens is 363 g/mol. The standard InChI is InChI=1S/C18H16F3N3O3/c1-3-12-10(13-6-4-5-7-22-13)8-11-15(27-9-18(19,20)21)14(17(25)26)24(2)16(11)23-12/h4-8H,3,9H2,1-2H3,(H,25,26). The molecule has 142 valence electrons. The summed E-state index contributed by atoms with van der Waals surface area (Å²) in [5.41, 5.74) is 1.71. The van der Waals surface area contributed by atoms with Crippen molar-refractivity contribution >= 4 is 17.0 Å². The first-order valence-corrected chi connectivity index (χ1v) is 8.09.